The number of sulfonamides is 1. The van der Waals surface area contributed by atoms with Gasteiger partial charge in [0.25, 0.3) is 5.91 Å². The molecule has 2 rings (SSSR count). The van der Waals surface area contributed by atoms with Crippen LogP contribution in [0.5, 0.6) is 0 Å². The van der Waals surface area contributed by atoms with Gasteiger partial charge in [0, 0.05) is 11.9 Å². The van der Waals surface area contributed by atoms with E-state index in [1.807, 2.05) is 0 Å². The van der Waals surface area contributed by atoms with Crippen molar-refractivity contribution in [2.45, 2.75) is 36.1 Å². The SMILES string of the molecule is CNS(=O)(=O)c1csc(C(=O)NC2(CN)CCCC2)c1. The molecule has 6 nitrogen and oxygen atoms in total. The summed E-state index contributed by atoms with van der Waals surface area (Å²) in [6.45, 7) is 0.409. The fourth-order valence-corrected chi connectivity index (χ4v) is 4.33. The predicted octanol–water partition coefficient (Wildman–Crippen LogP) is 0.657. The Hall–Kier alpha value is -0.960. The first-order valence-electron chi connectivity index (χ1n) is 6.47. The Morgan fingerprint density at radius 3 is 2.65 bits per heavy atom. The van der Waals surface area contributed by atoms with Crippen LogP contribution >= 0.6 is 11.3 Å². The maximum Gasteiger partial charge on any atom is 0.261 e. The summed E-state index contributed by atoms with van der Waals surface area (Å²) in [6, 6.07) is 1.39. The van der Waals surface area contributed by atoms with Gasteiger partial charge in [-0.15, -0.1) is 11.3 Å². The molecule has 112 valence electrons. The highest BCUT2D eigenvalue weighted by molar-refractivity contribution is 7.89. The molecule has 4 N–H and O–H groups in total. The fraction of sp³-hybridized carbons (Fsp3) is 0.583. The van der Waals surface area contributed by atoms with Crippen LogP contribution in [0, 0.1) is 0 Å². The first-order valence-corrected chi connectivity index (χ1v) is 8.83. The van der Waals surface area contributed by atoms with Gasteiger partial charge in [0.2, 0.25) is 10.0 Å². The summed E-state index contributed by atoms with van der Waals surface area (Å²) in [5.74, 6) is -0.250. The van der Waals surface area contributed by atoms with Crippen molar-refractivity contribution in [3.05, 3.63) is 16.3 Å². The van der Waals surface area contributed by atoms with Crippen molar-refractivity contribution in [2.75, 3.05) is 13.6 Å². The van der Waals surface area contributed by atoms with Crippen LogP contribution in [0.2, 0.25) is 0 Å². The Labute approximate surface area is 122 Å². The second-order valence-electron chi connectivity index (χ2n) is 5.00. The van der Waals surface area contributed by atoms with E-state index in [9.17, 15) is 13.2 Å². The highest BCUT2D eigenvalue weighted by Gasteiger charge is 2.34. The zero-order chi connectivity index (χ0) is 14.8. The van der Waals surface area contributed by atoms with Crippen LogP contribution < -0.4 is 15.8 Å². The Morgan fingerprint density at radius 2 is 2.10 bits per heavy atom. The lowest BCUT2D eigenvalue weighted by molar-refractivity contribution is 0.0907. The Balaban J connectivity index is 2.14. The Kier molecular flexibility index (Phi) is 4.48. The van der Waals surface area contributed by atoms with E-state index in [2.05, 4.69) is 10.0 Å². The van der Waals surface area contributed by atoms with Crippen molar-refractivity contribution >= 4 is 27.3 Å². The van der Waals surface area contributed by atoms with E-state index in [1.165, 1.54) is 18.5 Å². The van der Waals surface area contributed by atoms with Crippen molar-refractivity contribution in [3.8, 4) is 0 Å². The third kappa shape index (κ3) is 3.03. The van der Waals surface area contributed by atoms with Gasteiger partial charge >= 0.3 is 0 Å². The average molecular weight is 317 g/mol. The lowest BCUT2D eigenvalue weighted by Gasteiger charge is -2.28. The number of hydrogen-bond donors (Lipinski definition) is 3. The Bertz CT molecular complexity index is 589. The molecule has 0 bridgehead atoms. The van der Waals surface area contributed by atoms with Gasteiger partial charge in [0.1, 0.15) is 0 Å². The highest BCUT2D eigenvalue weighted by atomic mass is 32.2. The van der Waals surface area contributed by atoms with Crippen molar-refractivity contribution < 1.29 is 13.2 Å². The predicted molar refractivity (Wildman–Crippen MR) is 78.3 cm³/mol. The second-order valence-corrected chi connectivity index (χ2v) is 7.80. The van der Waals surface area contributed by atoms with E-state index in [0.29, 0.717) is 11.4 Å². The molecule has 0 spiro atoms. The molecule has 1 amide bonds. The Morgan fingerprint density at radius 1 is 1.45 bits per heavy atom. The number of carbonyl (C=O) groups excluding carboxylic acids is 1. The minimum Gasteiger partial charge on any atom is -0.345 e. The zero-order valence-corrected chi connectivity index (χ0v) is 12.9. The number of amides is 1. The van der Waals surface area contributed by atoms with Crippen molar-refractivity contribution in [3.63, 3.8) is 0 Å². The minimum atomic E-state index is -3.50. The fourth-order valence-electron chi connectivity index (χ4n) is 2.43. The molecule has 8 heteroatoms. The van der Waals surface area contributed by atoms with Crippen LogP contribution in [0.15, 0.2) is 16.3 Å². The molecule has 1 fully saturated rings. The quantitative estimate of drug-likeness (QED) is 0.742. The minimum absolute atomic E-state index is 0.114. The van der Waals surface area contributed by atoms with Gasteiger partial charge in [-0.25, -0.2) is 13.1 Å². The number of rotatable bonds is 5. The number of nitrogens with two attached hydrogens (primary N) is 1. The van der Waals surface area contributed by atoms with Gasteiger partial charge in [-0.1, -0.05) is 12.8 Å². The van der Waals surface area contributed by atoms with E-state index in [-0.39, 0.29) is 16.3 Å². The number of carbonyl (C=O) groups is 1. The zero-order valence-electron chi connectivity index (χ0n) is 11.3. The second kappa shape index (κ2) is 5.80. The van der Waals surface area contributed by atoms with Crippen molar-refractivity contribution in [1.29, 1.82) is 0 Å². The molecule has 1 aliphatic rings. The lowest BCUT2D eigenvalue weighted by atomic mass is 9.98. The summed E-state index contributed by atoms with van der Waals surface area (Å²) in [5, 5.41) is 4.44. The maximum absolute atomic E-state index is 12.2. The van der Waals surface area contributed by atoms with Crippen LogP contribution in [-0.4, -0.2) is 33.5 Å². The smallest absolute Gasteiger partial charge is 0.261 e. The molecule has 0 aromatic carbocycles. The van der Waals surface area contributed by atoms with Gasteiger partial charge in [-0.3, -0.25) is 4.79 Å². The molecule has 1 saturated carbocycles. The number of nitrogens with one attached hydrogen (secondary N) is 2. The summed E-state index contributed by atoms with van der Waals surface area (Å²) >= 11 is 1.12. The van der Waals surface area contributed by atoms with Gasteiger partial charge in [-0.2, -0.15) is 0 Å². The molecular formula is C12H19N3O3S2. The van der Waals surface area contributed by atoms with E-state index >= 15 is 0 Å². The van der Waals surface area contributed by atoms with Crippen molar-refractivity contribution in [2.24, 2.45) is 5.73 Å². The number of hydrogen-bond acceptors (Lipinski definition) is 5. The molecule has 0 saturated heterocycles. The van der Waals surface area contributed by atoms with Crippen LogP contribution in [0.1, 0.15) is 35.4 Å². The topological polar surface area (TPSA) is 101 Å². The average Bonchev–Trinajstić information content (AvgIpc) is 3.08. The molecule has 1 aromatic rings. The monoisotopic (exact) mass is 317 g/mol. The normalized spacial score (nSPS) is 18.1. The van der Waals surface area contributed by atoms with Gasteiger partial charge in [0.15, 0.2) is 0 Å². The van der Waals surface area contributed by atoms with Crippen molar-refractivity contribution in [1.82, 2.24) is 10.0 Å². The molecule has 1 aromatic heterocycles. The molecule has 0 atom stereocenters. The van der Waals surface area contributed by atoms with Gasteiger partial charge in [-0.05, 0) is 26.0 Å². The molecule has 1 aliphatic carbocycles. The molecule has 0 radical (unpaired) electrons. The summed E-state index contributed by atoms with van der Waals surface area (Å²) < 4.78 is 25.5. The van der Waals surface area contributed by atoms with E-state index in [0.717, 1.165) is 37.0 Å². The van der Waals surface area contributed by atoms with Gasteiger partial charge in [0.05, 0.1) is 15.3 Å². The largest absolute Gasteiger partial charge is 0.345 e. The molecular weight excluding hydrogens is 298 g/mol. The van der Waals surface area contributed by atoms with Gasteiger partial charge < -0.3 is 11.1 Å². The van der Waals surface area contributed by atoms with E-state index < -0.39 is 10.0 Å². The van der Waals surface area contributed by atoms with E-state index in [1.54, 1.807) is 0 Å². The summed E-state index contributed by atoms with van der Waals surface area (Å²) in [4.78, 5) is 12.7. The van der Waals surface area contributed by atoms with E-state index in [4.69, 9.17) is 5.73 Å². The molecule has 0 unspecified atom stereocenters. The molecule has 0 aliphatic heterocycles. The first kappa shape index (κ1) is 15.4. The van der Waals surface area contributed by atoms with Crippen LogP contribution in [0.25, 0.3) is 0 Å². The molecule has 1 heterocycles. The van der Waals surface area contributed by atoms with Crippen LogP contribution in [0.3, 0.4) is 0 Å². The third-order valence-corrected chi connectivity index (χ3v) is 6.18. The third-order valence-electron chi connectivity index (χ3n) is 3.71. The summed E-state index contributed by atoms with van der Waals surface area (Å²) in [7, 11) is -2.16. The van der Waals surface area contributed by atoms with Crippen LogP contribution in [0.4, 0.5) is 0 Å². The van der Waals surface area contributed by atoms with Crippen LogP contribution in [-0.2, 0) is 10.0 Å². The number of thiophene rings is 1. The maximum atomic E-state index is 12.2. The lowest BCUT2D eigenvalue weighted by Crippen LogP contribution is -2.51. The molecule has 20 heavy (non-hydrogen) atoms. The first-order chi connectivity index (χ1) is 9.42. The summed E-state index contributed by atoms with van der Waals surface area (Å²) in [6.07, 6.45) is 3.87. The summed E-state index contributed by atoms with van der Waals surface area (Å²) in [5.41, 5.74) is 5.44. The standard InChI is InChI=1S/C12H19N3O3S2/c1-14-20(17,18)9-6-10(19-7-9)11(16)15-12(8-13)4-2-3-5-12/h6-7,14H,2-5,8,13H2,1H3,(H,15,16). The highest BCUT2D eigenvalue weighted by Crippen LogP contribution is 2.29.